The summed E-state index contributed by atoms with van der Waals surface area (Å²) in [5, 5.41) is 2.27. The number of carbonyl (C=O) groups excluding carboxylic acids is 1. The Bertz CT molecular complexity index is 1340. The van der Waals surface area contributed by atoms with Crippen molar-refractivity contribution < 1.29 is 4.79 Å². The first-order chi connectivity index (χ1) is 14.3. The fraction of sp³-hybridized carbons (Fsp3) is 0. The van der Waals surface area contributed by atoms with Crippen LogP contribution in [0.2, 0.25) is 0 Å². The van der Waals surface area contributed by atoms with E-state index >= 15 is 0 Å². The molecule has 6 rings (SSSR count). The van der Waals surface area contributed by atoms with Gasteiger partial charge in [-0.15, -0.1) is 0 Å². The number of hydrogen-bond donors (Lipinski definition) is 0. The molecule has 1 heterocycles. The van der Waals surface area contributed by atoms with E-state index in [2.05, 4.69) is 72.8 Å². The van der Waals surface area contributed by atoms with Gasteiger partial charge in [0.2, 0.25) is 0 Å². The van der Waals surface area contributed by atoms with Crippen molar-refractivity contribution >= 4 is 56.4 Å². The summed E-state index contributed by atoms with van der Waals surface area (Å²) in [7, 11) is 0. The molecular weight excluding hydrogens is 468 g/mol. The van der Waals surface area contributed by atoms with Gasteiger partial charge >= 0.3 is 180 Å². The van der Waals surface area contributed by atoms with Crippen molar-refractivity contribution in [2.75, 3.05) is 0 Å². The third kappa shape index (κ3) is 2.64. The standard InChI is InChI=1S/C27H16OTe/c28-27-22(14-13-19-15-17-7-1-2-8-18(17)16-23(19)27)26-20-9-3-5-11-24(20)29-25-12-6-4-10-21(25)26/h1-16H. The summed E-state index contributed by atoms with van der Waals surface area (Å²) >= 11 is -0.443. The average Bonchev–Trinajstić information content (AvgIpc) is 2.77. The molecule has 0 radical (unpaired) electrons. The molecule has 0 saturated carbocycles. The molecule has 136 valence electrons. The van der Waals surface area contributed by atoms with Gasteiger partial charge in [-0.05, 0) is 0 Å². The Labute approximate surface area is 179 Å². The molecule has 0 N–H and O–H groups in total. The van der Waals surface area contributed by atoms with Gasteiger partial charge in [0.25, 0.3) is 0 Å². The van der Waals surface area contributed by atoms with E-state index in [1.165, 1.54) is 23.7 Å². The summed E-state index contributed by atoms with van der Waals surface area (Å²) in [6.07, 6.45) is 4.12. The zero-order valence-corrected chi connectivity index (χ0v) is 17.9. The number of Topliss-reactive ketones (excluding diaryl/α,β-unsaturated/α-hetero) is 1. The molecule has 0 unspecified atom stereocenters. The summed E-state index contributed by atoms with van der Waals surface area (Å²) in [4.78, 5) is 13.7. The predicted octanol–water partition coefficient (Wildman–Crippen LogP) is 4.52. The Hall–Kier alpha value is -2.92. The number of benzene rings is 4. The van der Waals surface area contributed by atoms with Gasteiger partial charge < -0.3 is 0 Å². The molecule has 0 atom stereocenters. The molecule has 0 amide bonds. The second-order valence-corrected chi connectivity index (χ2v) is 10.4. The fourth-order valence-corrected chi connectivity index (χ4v) is 7.37. The van der Waals surface area contributed by atoms with Crippen LogP contribution in [0.5, 0.6) is 0 Å². The molecular formula is C27H16OTe. The second kappa shape index (κ2) is 6.56. The monoisotopic (exact) mass is 486 g/mol. The number of ketones is 1. The molecule has 1 aliphatic heterocycles. The van der Waals surface area contributed by atoms with Gasteiger partial charge in [-0.1, -0.05) is 0 Å². The molecule has 2 aliphatic rings. The third-order valence-corrected chi connectivity index (χ3v) is 8.93. The van der Waals surface area contributed by atoms with Crippen LogP contribution in [0.25, 0.3) is 22.4 Å². The van der Waals surface area contributed by atoms with Crippen molar-refractivity contribution in [3.05, 3.63) is 119 Å². The minimum absolute atomic E-state index is 0.121. The first kappa shape index (κ1) is 17.0. The number of fused-ring (bicyclic) bond motifs is 4. The number of carbonyl (C=O) groups is 1. The molecule has 4 aromatic carbocycles. The first-order valence-corrected chi connectivity index (χ1v) is 12.0. The molecule has 0 bridgehead atoms. The van der Waals surface area contributed by atoms with E-state index in [0.29, 0.717) is 0 Å². The van der Waals surface area contributed by atoms with Crippen LogP contribution in [-0.4, -0.2) is 26.7 Å². The van der Waals surface area contributed by atoms with Gasteiger partial charge in [0, 0.05) is 0 Å². The van der Waals surface area contributed by atoms with Crippen molar-refractivity contribution in [2.24, 2.45) is 0 Å². The second-order valence-electron chi connectivity index (χ2n) is 7.33. The SMILES string of the molecule is O=C1C(=C2c3ccccc3[Te]c3ccccc32)C=Cc2cc3ccccc3cc21. The van der Waals surface area contributed by atoms with E-state index in [0.717, 1.165) is 27.7 Å². The Morgan fingerprint density at radius 1 is 0.586 bits per heavy atom. The van der Waals surface area contributed by atoms with E-state index in [4.69, 9.17) is 0 Å². The van der Waals surface area contributed by atoms with Crippen LogP contribution < -0.4 is 7.22 Å². The molecule has 0 spiro atoms. The van der Waals surface area contributed by atoms with Crippen LogP contribution >= 0.6 is 0 Å². The van der Waals surface area contributed by atoms with E-state index in [1.54, 1.807) is 0 Å². The number of allylic oxidation sites excluding steroid dienone is 2. The Balaban J connectivity index is 1.64. The normalized spacial score (nSPS) is 14.6. The van der Waals surface area contributed by atoms with Gasteiger partial charge in [-0.25, -0.2) is 0 Å². The summed E-state index contributed by atoms with van der Waals surface area (Å²) < 4.78 is 2.81. The summed E-state index contributed by atoms with van der Waals surface area (Å²) in [5.74, 6) is 0.121. The van der Waals surface area contributed by atoms with Gasteiger partial charge in [-0.3, -0.25) is 0 Å². The van der Waals surface area contributed by atoms with Crippen molar-refractivity contribution in [1.82, 2.24) is 0 Å². The summed E-state index contributed by atoms with van der Waals surface area (Å²) in [6, 6.07) is 29.6. The Morgan fingerprint density at radius 2 is 1.17 bits per heavy atom. The summed E-state index contributed by atoms with van der Waals surface area (Å²) in [6.45, 7) is 0. The molecule has 2 heteroatoms. The fourth-order valence-electron chi connectivity index (χ4n) is 4.26. The van der Waals surface area contributed by atoms with Crippen molar-refractivity contribution in [1.29, 1.82) is 0 Å². The topological polar surface area (TPSA) is 17.1 Å². The van der Waals surface area contributed by atoms with Gasteiger partial charge in [0.15, 0.2) is 0 Å². The van der Waals surface area contributed by atoms with Gasteiger partial charge in [0.05, 0.1) is 0 Å². The van der Waals surface area contributed by atoms with Crippen LogP contribution in [-0.2, 0) is 0 Å². The zero-order chi connectivity index (χ0) is 19.4. The van der Waals surface area contributed by atoms with Crippen LogP contribution in [0.15, 0.2) is 96.6 Å². The van der Waals surface area contributed by atoms with Crippen LogP contribution in [0.3, 0.4) is 0 Å². The first-order valence-electron chi connectivity index (χ1n) is 9.66. The zero-order valence-electron chi connectivity index (χ0n) is 15.6. The van der Waals surface area contributed by atoms with Crippen LogP contribution in [0.4, 0.5) is 0 Å². The average molecular weight is 484 g/mol. The third-order valence-electron chi connectivity index (χ3n) is 5.64. The van der Waals surface area contributed by atoms with Gasteiger partial charge in [0.1, 0.15) is 0 Å². The molecule has 4 aromatic rings. The number of hydrogen-bond acceptors (Lipinski definition) is 1. The summed E-state index contributed by atoms with van der Waals surface area (Å²) in [5.41, 5.74) is 6.15. The Morgan fingerprint density at radius 3 is 1.86 bits per heavy atom. The molecule has 1 aliphatic carbocycles. The van der Waals surface area contributed by atoms with Crippen molar-refractivity contribution in [3.8, 4) is 0 Å². The minimum atomic E-state index is -0.443. The van der Waals surface area contributed by atoms with E-state index in [1.807, 2.05) is 24.3 Å². The maximum atomic E-state index is 13.7. The van der Waals surface area contributed by atoms with Crippen molar-refractivity contribution in [3.63, 3.8) is 0 Å². The quantitative estimate of drug-likeness (QED) is 0.234. The van der Waals surface area contributed by atoms with Crippen LogP contribution in [0.1, 0.15) is 27.0 Å². The molecule has 0 saturated heterocycles. The van der Waals surface area contributed by atoms with Crippen LogP contribution in [0, 0.1) is 0 Å². The van der Waals surface area contributed by atoms with Crippen molar-refractivity contribution in [2.45, 2.75) is 0 Å². The van der Waals surface area contributed by atoms with Gasteiger partial charge in [-0.2, -0.15) is 0 Å². The number of rotatable bonds is 0. The molecule has 0 fully saturated rings. The molecule has 1 nitrogen and oxygen atoms in total. The molecule has 0 aromatic heterocycles. The Kier molecular flexibility index (Phi) is 3.84. The maximum absolute atomic E-state index is 13.7. The van der Waals surface area contributed by atoms with E-state index in [9.17, 15) is 4.79 Å². The van der Waals surface area contributed by atoms with E-state index in [-0.39, 0.29) is 5.78 Å². The van der Waals surface area contributed by atoms with E-state index < -0.39 is 20.9 Å². The predicted molar refractivity (Wildman–Crippen MR) is 121 cm³/mol. The molecule has 29 heavy (non-hydrogen) atoms.